The first kappa shape index (κ1) is 25.0. The molecule has 8 heteroatoms. The van der Waals surface area contributed by atoms with Crippen LogP contribution in [0.15, 0.2) is 71.6 Å². The van der Waals surface area contributed by atoms with Gasteiger partial charge in [-0.3, -0.25) is 9.69 Å². The molecule has 0 spiro atoms. The van der Waals surface area contributed by atoms with E-state index >= 15 is 0 Å². The number of aryl methyl sites for hydroxylation is 2. The molecule has 0 bridgehead atoms. The highest BCUT2D eigenvalue weighted by Gasteiger charge is 2.25. The Labute approximate surface area is 210 Å². The maximum atomic E-state index is 13.7. The Bertz CT molecular complexity index is 1440. The van der Waals surface area contributed by atoms with Crippen molar-refractivity contribution in [1.29, 1.82) is 0 Å². The maximum absolute atomic E-state index is 13.7. The van der Waals surface area contributed by atoms with Crippen LogP contribution in [0.5, 0.6) is 0 Å². The highest BCUT2D eigenvalue weighted by atomic mass is 32.2. The third-order valence-corrected chi connectivity index (χ3v) is 9.21. The predicted molar refractivity (Wildman–Crippen MR) is 143 cm³/mol. The quantitative estimate of drug-likeness (QED) is 0.303. The smallest absolute Gasteiger partial charge is 0.260 e. The molecule has 35 heavy (non-hydrogen) atoms. The zero-order chi connectivity index (χ0) is 25.2. The van der Waals surface area contributed by atoms with Gasteiger partial charge in [0.05, 0.1) is 21.7 Å². The fourth-order valence-corrected chi connectivity index (χ4v) is 6.58. The standard InChI is InChI=1S/C27H29N3O3S2/c1-5-29(6-2)35(32,33)23-14-12-22(13-15-23)26(31)30(18-21-10-8-7-9-11-21)27-28-24-17-19(3)16-20(4)25(24)34-27/h7-17H,5-6,18H2,1-4H3. The molecule has 0 fully saturated rings. The van der Waals surface area contributed by atoms with Gasteiger partial charge < -0.3 is 0 Å². The number of carbonyl (C=O) groups excluding carboxylic acids is 1. The molecule has 0 atom stereocenters. The number of carbonyl (C=O) groups is 1. The topological polar surface area (TPSA) is 70.6 Å². The van der Waals surface area contributed by atoms with E-state index in [9.17, 15) is 13.2 Å². The zero-order valence-electron chi connectivity index (χ0n) is 20.4. The summed E-state index contributed by atoms with van der Waals surface area (Å²) < 4.78 is 28.2. The van der Waals surface area contributed by atoms with Crippen LogP contribution in [-0.2, 0) is 16.6 Å². The largest absolute Gasteiger partial charge is 0.279 e. The number of benzene rings is 3. The second kappa shape index (κ2) is 10.3. The lowest BCUT2D eigenvalue weighted by atomic mass is 10.1. The number of amides is 1. The molecule has 0 saturated heterocycles. The van der Waals surface area contributed by atoms with Crippen molar-refractivity contribution >= 4 is 42.6 Å². The normalized spacial score (nSPS) is 11.8. The van der Waals surface area contributed by atoms with Crippen LogP contribution in [0, 0.1) is 13.8 Å². The van der Waals surface area contributed by atoms with Crippen molar-refractivity contribution in [1.82, 2.24) is 9.29 Å². The van der Waals surface area contributed by atoms with Gasteiger partial charge in [0.25, 0.3) is 5.91 Å². The SMILES string of the molecule is CCN(CC)S(=O)(=O)c1ccc(C(=O)N(Cc2ccccc2)c2nc3cc(C)cc(C)c3s2)cc1. The summed E-state index contributed by atoms with van der Waals surface area (Å²) in [7, 11) is -3.59. The fourth-order valence-electron chi connectivity index (χ4n) is 4.11. The number of thiazole rings is 1. The van der Waals surface area contributed by atoms with E-state index < -0.39 is 10.0 Å². The molecule has 0 saturated carbocycles. The van der Waals surface area contributed by atoms with Crippen molar-refractivity contribution in [2.45, 2.75) is 39.1 Å². The molecular formula is C27H29N3O3S2. The summed E-state index contributed by atoms with van der Waals surface area (Å²) in [5.41, 5.74) is 4.51. The number of sulfonamides is 1. The van der Waals surface area contributed by atoms with E-state index in [0.29, 0.717) is 30.3 Å². The third kappa shape index (κ3) is 5.15. The van der Waals surface area contributed by atoms with Crippen LogP contribution < -0.4 is 4.90 Å². The summed E-state index contributed by atoms with van der Waals surface area (Å²) in [6, 6.07) is 20.1. The molecule has 4 aromatic rings. The van der Waals surface area contributed by atoms with Crippen molar-refractivity contribution in [3.05, 3.63) is 89.0 Å². The number of hydrogen-bond donors (Lipinski definition) is 0. The lowest BCUT2D eigenvalue weighted by Gasteiger charge is -2.21. The van der Waals surface area contributed by atoms with E-state index in [1.807, 2.05) is 57.2 Å². The molecule has 0 aliphatic carbocycles. The van der Waals surface area contributed by atoms with Crippen LogP contribution >= 0.6 is 11.3 Å². The second-order valence-electron chi connectivity index (χ2n) is 8.42. The lowest BCUT2D eigenvalue weighted by molar-refractivity contribution is 0.0985. The Morgan fingerprint density at radius 2 is 1.60 bits per heavy atom. The van der Waals surface area contributed by atoms with Crippen molar-refractivity contribution in [3.63, 3.8) is 0 Å². The minimum atomic E-state index is -3.59. The molecule has 4 rings (SSSR count). The van der Waals surface area contributed by atoms with Gasteiger partial charge in [0.2, 0.25) is 10.0 Å². The van der Waals surface area contributed by atoms with Crippen molar-refractivity contribution < 1.29 is 13.2 Å². The van der Waals surface area contributed by atoms with Crippen LogP contribution in [0.2, 0.25) is 0 Å². The molecule has 0 N–H and O–H groups in total. The summed E-state index contributed by atoms with van der Waals surface area (Å²) in [4.78, 5) is 20.4. The average Bonchev–Trinajstić information content (AvgIpc) is 3.27. The van der Waals surface area contributed by atoms with E-state index in [-0.39, 0.29) is 10.8 Å². The maximum Gasteiger partial charge on any atom is 0.260 e. The fraction of sp³-hybridized carbons (Fsp3) is 0.259. The van der Waals surface area contributed by atoms with Crippen molar-refractivity contribution in [3.8, 4) is 0 Å². The minimum absolute atomic E-state index is 0.179. The van der Waals surface area contributed by atoms with E-state index in [2.05, 4.69) is 13.0 Å². The molecular weight excluding hydrogens is 478 g/mol. The Morgan fingerprint density at radius 1 is 0.943 bits per heavy atom. The van der Waals surface area contributed by atoms with Gasteiger partial charge >= 0.3 is 0 Å². The second-order valence-corrected chi connectivity index (χ2v) is 11.3. The minimum Gasteiger partial charge on any atom is -0.279 e. The lowest BCUT2D eigenvalue weighted by Crippen LogP contribution is -2.31. The number of nitrogens with zero attached hydrogens (tertiary/aromatic N) is 3. The summed E-state index contributed by atoms with van der Waals surface area (Å²) in [5, 5.41) is 0.613. The Hall–Kier alpha value is -3.07. The molecule has 0 aliphatic rings. The van der Waals surface area contributed by atoms with E-state index in [0.717, 1.165) is 26.9 Å². The molecule has 6 nitrogen and oxygen atoms in total. The first-order chi connectivity index (χ1) is 16.7. The van der Waals surface area contributed by atoms with Gasteiger partial charge in [-0.05, 0) is 60.9 Å². The zero-order valence-corrected chi connectivity index (χ0v) is 22.0. The van der Waals surface area contributed by atoms with E-state index in [1.165, 1.54) is 27.8 Å². The molecule has 0 unspecified atom stereocenters. The Morgan fingerprint density at radius 3 is 2.23 bits per heavy atom. The van der Waals surface area contributed by atoms with Crippen molar-refractivity contribution in [2.24, 2.45) is 0 Å². The van der Waals surface area contributed by atoms with Gasteiger partial charge in [-0.1, -0.05) is 61.6 Å². The molecule has 0 aliphatic heterocycles. The average molecular weight is 508 g/mol. The summed E-state index contributed by atoms with van der Waals surface area (Å²) in [6.07, 6.45) is 0. The molecule has 182 valence electrons. The number of anilines is 1. The molecule has 0 radical (unpaired) electrons. The number of rotatable bonds is 8. The van der Waals surface area contributed by atoms with Gasteiger partial charge in [-0.25, -0.2) is 13.4 Å². The van der Waals surface area contributed by atoms with Gasteiger partial charge in [-0.15, -0.1) is 0 Å². The molecule has 1 aromatic heterocycles. The number of aromatic nitrogens is 1. The molecule has 1 heterocycles. The van der Waals surface area contributed by atoms with E-state index in [4.69, 9.17) is 4.98 Å². The number of hydrogen-bond acceptors (Lipinski definition) is 5. The van der Waals surface area contributed by atoms with Gasteiger partial charge in [-0.2, -0.15) is 4.31 Å². The third-order valence-electron chi connectivity index (χ3n) is 5.91. The Balaban J connectivity index is 1.73. The Kier molecular flexibility index (Phi) is 7.35. The summed E-state index contributed by atoms with van der Waals surface area (Å²) in [5.74, 6) is -0.228. The van der Waals surface area contributed by atoms with Gasteiger partial charge in [0, 0.05) is 18.7 Å². The molecule has 1 amide bonds. The molecule has 3 aromatic carbocycles. The van der Waals surface area contributed by atoms with E-state index in [1.54, 1.807) is 17.0 Å². The monoisotopic (exact) mass is 507 g/mol. The van der Waals surface area contributed by atoms with Gasteiger partial charge in [0.1, 0.15) is 0 Å². The van der Waals surface area contributed by atoms with Crippen molar-refractivity contribution in [2.75, 3.05) is 18.0 Å². The number of fused-ring (bicyclic) bond motifs is 1. The summed E-state index contributed by atoms with van der Waals surface area (Å²) >= 11 is 1.49. The predicted octanol–water partition coefficient (Wildman–Crippen LogP) is 5.79. The van der Waals surface area contributed by atoms with Gasteiger partial charge in [0.15, 0.2) is 5.13 Å². The first-order valence-corrected chi connectivity index (χ1v) is 13.8. The van der Waals surface area contributed by atoms with Crippen LogP contribution in [0.3, 0.4) is 0 Å². The van der Waals surface area contributed by atoms with Crippen LogP contribution in [0.4, 0.5) is 5.13 Å². The highest BCUT2D eigenvalue weighted by molar-refractivity contribution is 7.89. The van der Waals surface area contributed by atoms with Crippen LogP contribution in [0.1, 0.15) is 40.9 Å². The first-order valence-electron chi connectivity index (χ1n) is 11.6. The summed E-state index contributed by atoms with van der Waals surface area (Å²) in [6.45, 7) is 8.84. The highest BCUT2D eigenvalue weighted by Crippen LogP contribution is 2.33. The van der Waals surface area contributed by atoms with Crippen LogP contribution in [-0.4, -0.2) is 36.7 Å². The van der Waals surface area contributed by atoms with Crippen LogP contribution in [0.25, 0.3) is 10.2 Å².